The zero-order valence-corrected chi connectivity index (χ0v) is 29.8. The van der Waals surface area contributed by atoms with Gasteiger partial charge in [0.05, 0.1) is 10.6 Å². The zero-order valence-electron chi connectivity index (χ0n) is 29.8. The maximum atomic E-state index is 12.5. The van der Waals surface area contributed by atoms with Gasteiger partial charge in [-0.05, 0) is 0 Å². The van der Waals surface area contributed by atoms with Gasteiger partial charge in [-0.1, -0.05) is 0 Å². The Morgan fingerprint density at radius 1 is 0.604 bits per heavy atom. The number of esters is 6. The van der Waals surface area contributed by atoms with Crippen LogP contribution >= 0.6 is 0 Å². The Labute approximate surface area is 300 Å². The molecule has 0 aromatic heterocycles. The summed E-state index contributed by atoms with van der Waals surface area (Å²) in [4.78, 5) is 120. The quantitative estimate of drug-likeness (QED) is 0.0846. The summed E-state index contributed by atoms with van der Waals surface area (Å²) in [5.74, 6) is -8.51. The molecule has 0 spiro atoms. The molecule has 0 radical (unpaired) electrons. The van der Waals surface area contributed by atoms with E-state index >= 15 is 0 Å². The molecule has 0 aromatic carbocycles. The highest BCUT2D eigenvalue weighted by Crippen LogP contribution is 2.41. The first-order valence-corrected chi connectivity index (χ1v) is 15.4. The highest BCUT2D eigenvalue weighted by molar-refractivity contribution is 5.74. The fraction of sp³-hybridized carbons (Fsp3) is 0.714. The molecule has 0 aliphatic carbocycles. The number of ether oxygens (including phenoxy) is 9. The molecule has 0 bridgehead atoms. The van der Waals surface area contributed by atoms with Crippen molar-refractivity contribution in [2.24, 2.45) is 10.6 Å². The molecule has 2 aliphatic rings. The summed E-state index contributed by atoms with van der Waals surface area (Å²) >= 11 is 0. The molecule has 0 saturated carbocycles. The van der Waals surface area contributed by atoms with Gasteiger partial charge < -0.3 is 53.3 Å². The number of nitrogens with one attached hydrogen (secondary N) is 2. The summed E-state index contributed by atoms with van der Waals surface area (Å²) in [6.45, 7) is 3.57. The van der Waals surface area contributed by atoms with Crippen LogP contribution in [-0.2, 0) is 71.4 Å². The molecule has 2 N–H and O–H groups in total. The summed E-state index contributed by atoms with van der Waals surface area (Å²) in [7, 11) is 2.02. The predicted molar refractivity (Wildman–Crippen MR) is 166 cm³/mol. The topological polar surface area (TPSA) is 309 Å². The summed E-state index contributed by atoms with van der Waals surface area (Å²) in [6.07, 6.45) is -14.0. The van der Waals surface area contributed by atoms with Gasteiger partial charge in [-0.25, -0.2) is 9.59 Å². The van der Waals surface area contributed by atoms with E-state index in [2.05, 4.69) is 21.2 Å². The molecule has 2 saturated heterocycles. The van der Waals surface area contributed by atoms with Gasteiger partial charge in [0.25, 0.3) is 0 Å². The second-order valence-corrected chi connectivity index (χ2v) is 11.3. The smallest absolute Gasteiger partial charge is 0.340 e. The van der Waals surface area contributed by atoms with Gasteiger partial charge in [0.2, 0.25) is 12.1 Å². The first-order valence-electron chi connectivity index (χ1n) is 15.4. The van der Waals surface area contributed by atoms with Gasteiger partial charge in [-0.2, -0.15) is 10.0 Å². The van der Waals surface area contributed by atoms with Gasteiger partial charge in [0.15, 0.2) is 30.5 Å². The Bertz CT molecular complexity index is 1430. The fourth-order valence-electron chi connectivity index (χ4n) is 5.10. The van der Waals surface area contributed by atoms with Crippen LogP contribution in [0.2, 0.25) is 0 Å². The molecule has 4 amide bonds. The maximum absolute atomic E-state index is 12.5. The van der Waals surface area contributed by atoms with Gasteiger partial charge in [-0.15, -0.1) is 9.81 Å². The van der Waals surface area contributed by atoms with Crippen molar-refractivity contribution in [2.45, 2.75) is 96.3 Å². The highest BCUT2D eigenvalue weighted by atomic mass is 16.8. The molecule has 0 aromatic rings. The Morgan fingerprint density at radius 2 is 1.04 bits per heavy atom. The molecule has 2 aliphatic heterocycles. The number of nitroso groups, excluding NO2 is 2. The lowest BCUT2D eigenvalue weighted by Crippen LogP contribution is -2.66. The third-order valence-corrected chi connectivity index (χ3v) is 7.08. The molecule has 2 heterocycles. The van der Waals surface area contributed by atoms with Crippen LogP contribution in [-0.4, -0.2) is 146 Å². The lowest BCUT2D eigenvalue weighted by Gasteiger charge is -2.46. The minimum atomic E-state index is -2.60. The Balaban J connectivity index is 2.81. The number of carbonyl (C=O) groups is 8. The van der Waals surface area contributed by atoms with E-state index in [9.17, 15) is 48.2 Å². The molecule has 296 valence electrons. The molecule has 0 unspecified atom stereocenters. The van der Waals surface area contributed by atoms with Crippen molar-refractivity contribution in [1.29, 1.82) is 0 Å². The maximum Gasteiger partial charge on any atom is 0.340 e. The van der Waals surface area contributed by atoms with Gasteiger partial charge >= 0.3 is 47.9 Å². The number of nitrogens with zero attached hydrogens (tertiary/aromatic N) is 4. The Morgan fingerprint density at radius 3 is 1.49 bits per heavy atom. The minimum Gasteiger partial charge on any atom is -0.460 e. The molecule has 53 heavy (non-hydrogen) atoms. The summed E-state index contributed by atoms with van der Waals surface area (Å²) < 4.78 is 50.6. The first-order chi connectivity index (χ1) is 24.7. The second-order valence-electron chi connectivity index (χ2n) is 11.3. The van der Waals surface area contributed by atoms with Gasteiger partial charge in [-0.3, -0.25) is 28.8 Å². The van der Waals surface area contributed by atoms with Crippen LogP contribution in [0.15, 0.2) is 10.6 Å². The molecule has 2 fully saturated rings. The van der Waals surface area contributed by atoms with Crippen molar-refractivity contribution < 1.29 is 81.0 Å². The van der Waals surface area contributed by atoms with E-state index in [4.69, 9.17) is 42.6 Å². The summed E-state index contributed by atoms with van der Waals surface area (Å²) in [6, 6.07) is -2.13. The van der Waals surface area contributed by atoms with E-state index in [1.807, 2.05) is 0 Å². The lowest BCUT2D eigenvalue weighted by atomic mass is 9.97. The molecule has 9 atom stereocenters. The second kappa shape index (κ2) is 19.3. The molecule has 2 rings (SSSR count). The van der Waals surface area contributed by atoms with Crippen LogP contribution in [0.4, 0.5) is 9.59 Å². The molecular weight excluding hydrogens is 724 g/mol. The van der Waals surface area contributed by atoms with E-state index < -0.39 is 122 Å². The summed E-state index contributed by atoms with van der Waals surface area (Å²) in [5.41, 5.74) is 0. The van der Waals surface area contributed by atoms with Crippen molar-refractivity contribution >= 4 is 47.9 Å². The molecule has 25 heteroatoms. The van der Waals surface area contributed by atoms with Crippen molar-refractivity contribution in [1.82, 2.24) is 20.7 Å². The number of amides is 4. The average molecular weight is 765 g/mol. The molecule has 25 nitrogen and oxygen atoms in total. The number of hydrogen-bond donors (Lipinski definition) is 2. The zero-order chi connectivity index (χ0) is 40.2. The highest BCUT2D eigenvalue weighted by Gasteiger charge is 2.64. The number of rotatable bonds is 15. The number of carbonyl (C=O) groups excluding carboxylic acids is 8. The third-order valence-electron chi connectivity index (χ3n) is 7.08. The third kappa shape index (κ3) is 12.3. The van der Waals surface area contributed by atoms with Gasteiger partial charge in [0.1, 0.15) is 18.8 Å². The standard InChI is InChI=1S/C28H40N6O19/c1-12(35)45-11-28(24(50-17(6)40)21(47-14(3)37)19(52-28)10-30-27(42)34(8)32-44)53-25-23(49-16(5)39)22(48-15(4)38)20(46-13(2)36)18(51-25)9-29-26(41)33(7)31-43/h18-25H,9-11H2,1-8H3,(H,29,41)(H,30,42)/t18-,19-,20+,21-,22+,23+,24+,25+,28-/m1/s1. The Kier molecular flexibility index (Phi) is 15.9. The van der Waals surface area contributed by atoms with Crippen LogP contribution in [0.1, 0.15) is 41.5 Å². The van der Waals surface area contributed by atoms with E-state index in [-0.39, 0.29) is 0 Å². The summed E-state index contributed by atoms with van der Waals surface area (Å²) in [5, 5.41) is 10.2. The average Bonchev–Trinajstić information content (AvgIpc) is 3.32. The largest absolute Gasteiger partial charge is 0.460 e. The normalized spacial score (nSPS) is 27.5. The van der Waals surface area contributed by atoms with Crippen LogP contribution in [0.25, 0.3) is 0 Å². The van der Waals surface area contributed by atoms with Gasteiger partial charge in [0, 0.05) is 68.7 Å². The van der Waals surface area contributed by atoms with Crippen LogP contribution in [0.3, 0.4) is 0 Å². The van der Waals surface area contributed by atoms with Crippen molar-refractivity contribution in [3.63, 3.8) is 0 Å². The van der Waals surface area contributed by atoms with Crippen molar-refractivity contribution in [3.05, 3.63) is 9.81 Å². The monoisotopic (exact) mass is 764 g/mol. The van der Waals surface area contributed by atoms with Crippen molar-refractivity contribution in [3.8, 4) is 0 Å². The number of urea groups is 2. The number of hydrogen-bond acceptors (Lipinski definition) is 21. The SMILES string of the molecule is CC(=O)OC[C@]1(O[C@@H]2O[C@H](CNC(=O)N(C)N=O)[C@H](OC(C)=O)[C@H](OC(C)=O)[C@@H]2OC(C)=O)O[C@H](CNC(=O)N(C)N=O)[C@@H](OC(C)=O)[C@@H]1OC(C)=O. The van der Waals surface area contributed by atoms with Crippen LogP contribution < -0.4 is 10.6 Å². The minimum absolute atomic E-state index is 0.365. The van der Waals surface area contributed by atoms with E-state index in [0.717, 1.165) is 55.6 Å². The lowest BCUT2D eigenvalue weighted by molar-refractivity contribution is -0.381. The van der Waals surface area contributed by atoms with Crippen molar-refractivity contribution in [2.75, 3.05) is 33.8 Å². The Hall–Kier alpha value is -5.56. The first kappa shape index (κ1) is 43.6. The van der Waals surface area contributed by atoms with Crippen LogP contribution in [0, 0.1) is 9.81 Å². The predicted octanol–water partition coefficient (Wildman–Crippen LogP) is -1.31. The van der Waals surface area contributed by atoms with E-state index in [1.165, 1.54) is 0 Å². The fourth-order valence-corrected chi connectivity index (χ4v) is 5.10. The van der Waals surface area contributed by atoms with E-state index in [1.54, 1.807) is 0 Å². The van der Waals surface area contributed by atoms with E-state index in [0.29, 0.717) is 10.0 Å². The molecular formula is C28H40N6O19. The van der Waals surface area contributed by atoms with Crippen LogP contribution in [0.5, 0.6) is 0 Å².